The largest absolute Gasteiger partial charge is 0.416 e. The summed E-state index contributed by atoms with van der Waals surface area (Å²) in [5.41, 5.74) is -0.620. The van der Waals surface area contributed by atoms with Crippen LogP contribution in [0.15, 0.2) is 18.2 Å². The molecule has 0 fully saturated rings. The number of hydrogen-bond acceptors (Lipinski definition) is 0. The predicted octanol–water partition coefficient (Wildman–Crippen LogP) is 5.14. The molecule has 0 aliphatic heterocycles. The van der Waals surface area contributed by atoms with E-state index in [1.807, 2.05) is 6.92 Å². The number of benzene rings is 1. The highest BCUT2D eigenvalue weighted by atomic mass is 19.4. The van der Waals surface area contributed by atoms with Crippen molar-refractivity contribution < 1.29 is 17.6 Å². The first-order valence-corrected chi connectivity index (χ1v) is 5.73. The van der Waals surface area contributed by atoms with Gasteiger partial charge in [0.25, 0.3) is 0 Å². The zero-order valence-electron chi connectivity index (χ0n) is 9.94. The third kappa shape index (κ3) is 3.72. The number of alkyl halides is 3. The van der Waals surface area contributed by atoms with Gasteiger partial charge in [-0.05, 0) is 36.1 Å². The van der Waals surface area contributed by atoms with Crippen LogP contribution in [0.25, 0.3) is 0 Å². The normalized spacial score (nSPS) is 13.8. The molecule has 0 aromatic heterocycles. The summed E-state index contributed by atoms with van der Waals surface area (Å²) in [7, 11) is 0. The molecule has 0 bridgehead atoms. The van der Waals surface area contributed by atoms with E-state index >= 15 is 0 Å². The second kappa shape index (κ2) is 5.52. The van der Waals surface area contributed by atoms with Gasteiger partial charge in [-0.2, -0.15) is 13.2 Å². The van der Waals surface area contributed by atoms with E-state index in [1.54, 1.807) is 6.92 Å². The second-order valence-electron chi connectivity index (χ2n) is 4.28. The number of halogens is 4. The first-order chi connectivity index (χ1) is 7.86. The molecule has 0 aliphatic rings. The van der Waals surface area contributed by atoms with Crippen molar-refractivity contribution in [3.05, 3.63) is 35.1 Å². The monoisotopic (exact) mass is 248 g/mol. The van der Waals surface area contributed by atoms with E-state index in [4.69, 9.17) is 0 Å². The Kier molecular flexibility index (Phi) is 4.54. The molecule has 0 spiro atoms. The van der Waals surface area contributed by atoms with Crippen molar-refractivity contribution >= 4 is 0 Å². The van der Waals surface area contributed by atoms with Crippen molar-refractivity contribution in [1.29, 1.82) is 0 Å². The molecule has 0 saturated heterocycles. The van der Waals surface area contributed by atoms with E-state index in [2.05, 4.69) is 0 Å². The Bertz CT molecular complexity index is 368. The summed E-state index contributed by atoms with van der Waals surface area (Å²) in [5.74, 6) is -0.737. The minimum atomic E-state index is -4.41. The van der Waals surface area contributed by atoms with Crippen molar-refractivity contribution in [3.8, 4) is 0 Å². The Balaban J connectivity index is 2.98. The zero-order valence-corrected chi connectivity index (χ0v) is 9.94. The third-order valence-corrected chi connectivity index (χ3v) is 2.84. The summed E-state index contributed by atoms with van der Waals surface area (Å²) < 4.78 is 50.9. The first kappa shape index (κ1) is 14.0. The van der Waals surface area contributed by atoms with Crippen molar-refractivity contribution in [2.75, 3.05) is 0 Å². The molecule has 1 rings (SSSR count). The standard InChI is InChI=1S/C13H16F4/c1-3-4-5-9(2)11-8-10(13(15,16)17)6-7-12(11)14/h6-9H,3-5H2,1-2H3/t9-/m1/s1. The number of unbranched alkanes of at least 4 members (excludes halogenated alkanes) is 1. The van der Waals surface area contributed by atoms with E-state index < -0.39 is 17.6 Å². The van der Waals surface area contributed by atoms with Crippen LogP contribution in [0.4, 0.5) is 17.6 Å². The predicted molar refractivity (Wildman–Crippen MR) is 59.3 cm³/mol. The molecule has 96 valence electrons. The smallest absolute Gasteiger partial charge is 0.207 e. The van der Waals surface area contributed by atoms with Gasteiger partial charge in [0.05, 0.1) is 5.56 Å². The van der Waals surface area contributed by atoms with Crippen LogP contribution in [0.3, 0.4) is 0 Å². The van der Waals surface area contributed by atoms with Gasteiger partial charge in [0.15, 0.2) is 0 Å². The molecule has 1 atom stereocenters. The lowest BCUT2D eigenvalue weighted by atomic mass is 9.93. The first-order valence-electron chi connectivity index (χ1n) is 5.73. The van der Waals surface area contributed by atoms with Crippen LogP contribution >= 0.6 is 0 Å². The van der Waals surface area contributed by atoms with E-state index in [9.17, 15) is 17.6 Å². The van der Waals surface area contributed by atoms with Gasteiger partial charge in [-0.3, -0.25) is 0 Å². The van der Waals surface area contributed by atoms with Crippen LogP contribution in [0.5, 0.6) is 0 Å². The van der Waals surface area contributed by atoms with Crippen molar-refractivity contribution in [1.82, 2.24) is 0 Å². The Morgan fingerprint density at radius 3 is 2.41 bits per heavy atom. The molecule has 1 aromatic rings. The molecule has 0 heterocycles. The van der Waals surface area contributed by atoms with Gasteiger partial charge in [-0.25, -0.2) is 4.39 Å². The summed E-state index contributed by atoms with van der Waals surface area (Å²) in [4.78, 5) is 0. The van der Waals surface area contributed by atoms with Gasteiger partial charge in [0.2, 0.25) is 0 Å². The van der Waals surface area contributed by atoms with Crippen molar-refractivity contribution in [3.63, 3.8) is 0 Å². The van der Waals surface area contributed by atoms with Gasteiger partial charge in [-0.15, -0.1) is 0 Å². The molecule has 0 unspecified atom stereocenters. The summed E-state index contributed by atoms with van der Waals surface area (Å²) >= 11 is 0. The van der Waals surface area contributed by atoms with Gasteiger partial charge in [-0.1, -0.05) is 26.7 Å². The van der Waals surface area contributed by atoms with Gasteiger partial charge < -0.3 is 0 Å². The number of hydrogen-bond donors (Lipinski definition) is 0. The maximum atomic E-state index is 13.5. The van der Waals surface area contributed by atoms with Crippen LogP contribution in [-0.4, -0.2) is 0 Å². The van der Waals surface area contributed by atoms with E-state index in [0.29, 0.717) is 6.42 Å². The van der Waals surface area contributed by atoms with Crippen LogP contribution in [0.2, 0.25) is 0 Å². The van der Waals surface area contributed by atoms with Gasteiger partial charge >= 0.3 is 6.18 Å². The SMILES string of the molecule is CCCC[C@@H](C)c1cc(C(F)(F)F)ccc1F. The lowest BCUT2D eigenvalue weighted by Gasteiger charge is -2.15. The maximum absolute atomic E-state index is 13.5. The molecule has 17 heavy (non-hydrogen) atoms. The molecule has 4 heteroatoms. The second-order valence-corrected chi connectivity index (χ2v) is 4.28. The average Bonchev–Trinajstić information content (AvgIpc) is 2.24. The van der Waals surface area contributed by atoms with Crippen LogP contribution < -0.4 is 0 Å². The molecule has 0 aliphatic carbocycles. The molecular weight excluding hydrogens is 232 g/mol. The van der Waals surface area contributed by atoms with E-state index in [0.717, 1.165) is 31.0 Å². The van der Waals surface area contributed by atoms with Crippen LogP contribution in [0, 0.1) is 5.82 Å². The summed E-state index contributed by atoms with van der Waals surface area (Å²) in [5, 5.41) is 0. The number of rotatable bonds is 4. The van der Waals surface area contributed by atoms with Crippen LogP contribution in [0.1, 0.15) is 50.2 Å². The Hall–Kier alpha value is -1.06. The highest BCUT2D eigenvalue weighted by Crippen LogP contribution is 2.33. The van der Waals surface area contributed by atoms with E-state index in [-0.39, 0.29) is 11.5 Å². The Labute approximate surface area is 98.6 Å². The Morgan fingerprint density at radius 1 is 1.24 bits per heavy atom. The lowest BCUT2D eigenvalue weighted by molar-refractivity contribution is -0.137. The van der Waals surface area contributed by atoms with Gasteiger partial charge in [0.1, 0.15) is 5.82 Å². The topological polar surface area (TPSA) is 0 Å². The molecular formula is C13H16F4. The molecule has 0 saturated carbocycles. The molecule has 0 N–H and O–H groups in total. The summed E-state index contributed by atoms with van der Waals surface area (Å²) in [6.07, 6.45) is -1.87. The fourth-order valence-corrected chi connectivity index (χ4v) is 1.76. The third-order valence-electron chi connectivity index (χ3n) is 2.84. The summed E-state index contributed by atoms with van der Waals surface area (Å²) in [6.45, 7) is 3.75. The molecule has 0 radical (unpaired) electrons. The maximum Gasteiger partial charge on any atom is 0.416 e. The molecule has 1 aromatic carbocycles. The minimum absolute atomic E-state index is 0.160. The summed E-state index contributed by atoms with van der Waals surface area (Å²) in [6, 6.07) is 2.61. The lowest BCUT2D eigenvalue weighted by Crippen LogP contribution is -2.07. The highest BCUT2D eigenvalue weighted by molar-refractivity contribution is 5.29. The fourth-order valence-electron chi connectivity index (χ4n) is 1.76. The van der Waals surface area contributed by atoms with Gasteiger partial charge in [0, 0.05) is 0 Å². The van der Waals surface area contributed by atoms with Crippen LogP contribution in [-0.2, 0) is 6.18 Å². The average molecular weight is 248 g/mol. The Morgan fingerprint density at radius 2 is 1.88 bits per heavy atom. The van der Waals surface area contributed by atoms with Crippen molar-refractivity contribution in [2.24, 2.45) is 0 Å². The molecule has 0 amide bonds. The van der Waals surface area contributed by atoms with Crippen molar-refractivity contribution in [2.45, 2.75) is 45.2 Å². The van der Waals surface area contributed by atoms with E-state index in [1.165, 1.54) is 0 Å². The quantitative estimate of drug-likeness (QED) is 0.647. The highest BCUT2D eigenvalue weighted by Gasteiger charge is 2.31. The molecule has 0 nitrogen and oxygen atoms in total. The minimum Gasteiger partial charge on any atom is -0.207 e. The fraction of sp³-hybridized carbons (Fsp3) is 0.538. The zero-order chi connectivity index (χ0) is 13.1.